The van der Waals surface area contributed by atoms with Gasteiger partial charge in [0.05, 0.1) is 17.0 Å². The van der Waals surface area contributed by atoms with Crippen molar-refractivity contribution in [2.45, 2.75) is 76.3 Å². The summed E-state index contributed by atoms with van der Waals surface area (Å²) in [5, 5.41) is 0.541. The fourth-order valence-electron chi connectivity index (χ4n) is 5.90. The highest BCUT2D eigenvalue weighted by atomic mass is 32.2. The summed E-state index contributed by atoms with van der Waals surface area (Å²) in [6, 6.07) is 8.42. The largest absolute Gasteiger partial charge is 0.343 e. The van der Waals surface area contributed by atoms with Crippen molar-refractivity contribution in [1.29, 1.82) is 0 Å². The van der Waals surface area contributed by atoms with Gasteiger partial charge in [-0.15, -0.1) is 0 Å². The summed E-state index contributed by atoms with van der Waals surface area (Å²) in [6.07, 6.45) is 8.01. The number of carbonyl (C=O) groups excluding carboxylic acids is 1. The van der Waals surface area contributed by atoms with Crippen molar-refractivity contribution in [2.24, 2.45) is 5.92 Å². The number of hydrogen-bond acceptors (Lipinski definition) is 4. The summed E-state index contributed by atoms with van der Waals surface area (Å²) in [5.74, 6) is 0.872. The van der Waals surface area contributed by atoms with Crippen LogP contribution in [0.2, 0.25) is 0 Å². The number of hydrogen-bond donors (Lipinski definition) is 1. The summed E-state index contributed by atoms with van der Waals surface area (Å²) in [5.41, 5.74) is 3.90. The lowest BCUT2D eigenvalue weighted by Crippen LogP contribution is -2.45. The van der Waals surface area contributed by atoms with Crippen LogP contribution in [0, 0.1) is 5.92 Å². The Morgan fingerprint density at radius 1 is 1.16 bits per heavy atom. The zero-order chi connectivity index (χ0) is 22.7. The fourth-order valence-corrected chi connectivity index (χ4v) is 6.67. The molecule has 1 amide bonds. The van der Waals surface area contributed by atoms with Crippen molar-refractivity contribution in [3.05, 3.63) is 45.7 Å². The first-order chi connectivity index (χ1) is 15.5. The molecule has 0 saturated heterocycles. The van der Waals surface area contributed by atoms with Gasteiger partial charge in [0, 0.05) is 24.1 Å². The van der Waals surface area contributed by atoms with E-state index in [1.807, 2.05) is 24.8 Å². The Labute approximate surface area is 195 Å². The van der Waals surface area contributed by atoms with Gasteiger partial charge in [0.1, 0.15) is 0 Å². The van der Waals surface area contributed by atoms with E-state index in [0.29, 0.717) is 24.2 Å². The molecule has 1 heterocycles. The van der Waals surface area contributed by atoms with E-state index in [0.717, 1.165) is 29.7 Å². The molecule has 4 rings (SSSR count). The molecule has 172 valence electrons. The topological polar surface area (TPSA) is 66.1 Å². The monoisotopic (exact) mass is 453 g/mol. The van der Waals surface area contributed by atoms with Crippen molar-refractivity contribution in [2.75, 3.05) is 18.8 Å². The Bertz CT molecular complexity index is 1020. The second-order valence-corrected chi connectivity index (χ2v) is 10.1. The lowest BCUT2D eigenvalue weighted by Gasteiger charge is -2.45. The molecule has 1 fully saturated rings. The van der Waals surface area contributed by atoms with Crippen LogP contribution in [0.25, 0.3) is 11.3 Å². The number of rotatable bonds is 7. The number of thioether (sulfide) groups is 1. The Hall–Kier alpha value is -2.08. The zero-order valence-corrected chi connectivity index (χ0v) is 20.4. The number of amides is 1. The molecule has 5 nitrogen and oxygen atoms in total. The van der Waals surface area contributed by atoms with E-state index in [4.69, 9.17) is 4.98 Å². The molecule has 1 atom stereocenters. The van der Waals surface area contributed by atoms with Gasteiger partial charge in [-0.2, -0.15) is 0 Å². The molecule has 0 spiro atoms. The summed E-state index contributed by atoms with van der Waals surface area (Å²) in [6.45, 7) is 7.59. The molecule has 0 radical (unpaired) electrons. The number of carbonyl (C=O) groups is 1. The molecular formula is C26H35N3O2S. The van der Waals surface area contributed by atoms with Crippen LogP contribution >= 0.6 is 11.8 Å². The summed E-state index contributed by atoms with van der Waals surface area (Å²) >= 11 is 1.33. The predicted molar refractivity (Wildman–Crippen MR) is 131 cm³/mol. The fraction of sp³-hybridized carbons (Fsp3) is 0.577. The number of fused-ring (bicyclic) bond motifs is 3. The molecule has 0 bridgehead atoms. The first-order valence-electron chi connectivity index (χ1n) is 12.2. The van der Waals surface area contributed by atoms with E-state index in [-0.39, 0.29) is 22.6 Å². The molecule has 2 aliphatic carbocycles. The minimum atomic E-state index is -0.162. The van der Waals surface area contributed by atoms with Gasteiger partial charge in [0.2, 0.25) is 5.91 Å². The minimum absolute atomic E-state index is 0.0188. The lowest BCUT2D eigenvalue weighted by molar-refractivity contribution is -0.127. The van der Waals surface area contributed by atoms with Gasteiger partial charge in [-0.1, -0.05) is 62.2 Å². The van der Waals surface area contributed by atoms with Crippen molar-refractivity contribution in [3.63, 3.8) is 0 Å². The minimum Gasteiger partial charge on any atom is -0.343 e. The van der Waals surface area contributed by atoms with Crippen LogP contribution in [0.3, 0.4) is 0 Å². The van der Waals surface area contributed by atoms with Crippen LogP contribution in [-0.2, 0) is 16.6 Å². The number of benzene rings is 1. The van der Waals surface area contributed by atoms with Gasteiger partial charge in [-0.25, -0.2) is 4.98 Å². The average molecular weight is 454 g/mol. The molecule has 32 heavy (non-hydrogen) atoms. The van der Waals surface area contributed by atoms with E-state index in [1.165, 1.54) is 49.4 Å². The van der Waals surface area contributed by atoms with Crippen molar-refractivity contribution in [1.82, 2.24) is 14.9 Å². The van der Waals surface area contributed by atoms with Gasteiger partial charge in [0.25, 0.3) is 5.56 Å². The average Bonchev–Trinajstić information content (AvgIpc) is 2.83. The highest BCUT2D eigenvalue weighted by molar-refractivity contribution is 7.99. The summed E-state index contributed by atoms with van der Waals surface area (Å²) in [7, 11) is 0. The van der Waals surface area contributed by atoms with E-state index in [1.54, 1.807) is 0 Å². The maximum Gasteiger partial charge on any atom is 0.255 e. The van der Waals surface area contributed by atoms with Gasteiger partial charge in [-0.3, -0.25) is 9.59 Å². The molecule has 1 aromatic carbocycles. The van der Waals surface area contributed by atoms with Crippen LogP contribution in [-0.4, -0.2) is 39.6 Å². The molecule has 0 unspecified atom stereocenters. The number of H-pyrrole nitrogens is 1. The van der Waals surface area contributed by atoms with Crippen LogP contribution in [0.4, 0.5) is 0 Å². The molecule has 0 aliphatic heterocycles. The van der Waals surface area contributed by atoms with Crippen molar-refractivity contribution < 1.29 is 4.79 Å². The van der Waals surface area contributed by atoms with E-state index >= 15 is 0 Å². The van der Waals surface area contributed by atoms with Crippen LogP contribution in [0.15, 0.2) is 34.2 Å². The second-order valence-electron chi connectivity index (χ2n) is 9.13. The third-order valence-electron chi connectivity index (χ3n) is 7.64. The first-order valence-corrected chi connectivity index (χ1v) is 13.2. The van der Waals surface area contributed by atoms with Gasteiger partial charge < -0.3 is 9.88 Å². The smallest absolute Gasteiger partial charge is 0.255 e. The van der Waals surface area contributed by atoms with Gasteiger partial charge in [0.15, 0.2) is 5.16 Å². The molecule has 2 aliphatic rings. The zero-order valence-electron chi connectivity index (χ0n) is 19.6. The molecule has 1 aromatic heterocycles. The molecule has 1 saturated carbocycles. The SMILES string of the molecule is CCN(CC)C(=O)CSc1nc2c(c(=O)[nH]1)[C@](CC)(C1CCCCC1)Cc1ccccc1-2. The number of aromatic amines is 1. The molecule has 6 heteroatoms. The van der Waals surface area contributed by atoms with Gasteiger partial charge >= 0.3 is 0 Å². The van der Waals surface area contributed by atoms with Crippen LogP contribution in [0.5, 0.6) is 0 Å². The standard InChI is InChI=1S/C26H35N3O2S/c1-4-26(19-13-8-7-9-14-19)16-18-12-10-11-15-20(18)23-22(26)24(31)28-25(27-23)32-17-21(30)29(5-2)6-3/h10-12,15,19H,4-9,13-14,16-17H2,1-3H3,(H,27,28,31)/t26-/m0/s1. The normalized spacial score (nSPS) is 20.5. The number of nitrogens with zero attached hydrogens (tertiary/aromatic N) is 2. The third kappa shape index (κ3) is 4.14. The number of aromatic nitrogens is 2. The van der Waals surface area contributed by atoms with Crippen molar-refractivity contribution >= 4 is 17.7 Å². The molecular weight excluding hydrogens is 418 g/mol. The quantitative estimate of drug-likeness (QED) is 0.463. The Kier molecular flexibility index (Phi) is 7.08. The Morgan fingerprint density at radius 2 is 1.88 bits per heavy atom. The van der Waals surface area contributed by atoms with Crippen molar-refractivity contribution in [3.8, 4) is 11.3 Å². The second kappa shape index (κ2) is 9.82. The summed E-state index contributed by atoms with van der Waals surface area (Å²) in [4.78, 5) is 35.9. The lowest BCUT2D eigenvalue weighted by atomic mass is 9.58. The maximum absolute atomic E-state index is 13.6. The summed E-state index contributed by atoms with van der Waals surface area (Å²) < 4.78 is 0. The molecule has 1 N–H and O–H groups in total. The first kappa shape index (κ1) is 23.1. The maximum atomic E-state index is 13.6. The molecule has 2 aromatic rings. The van der Waals surface area contributed by atoms with E-state index in [2.05, 4.69) is 30.1 Å². The van der Waals surface area contributed by atoms with E-state index in [9.17, 15) is 9.59 Å². The van der Waals surface area contributed by atoms with Crippen LogP contribution < -0.4 is 5.56 Å². The number of nitrogens with one attached hydrogen (secondary N) is 1. The predicted octanol–water partition coefficient (Wildman–Crippen LogP) is 5.18. The van der Waals surface area contributed by atoms with E-state index < -0.39 is 0 Å². The third-order valence-corrected chi connectivity index (χ3v) is 8.50. The van der Waals surface area contributed by atoms with Gasteiger partial charge in [-0.05, 0) is 51.0 Å². The Balaban J connectivity index is 1.76. The highest BCUT2D eigenvalue weighted by Crippen LogP contribution is 2.50. The highest BCUT2D eigenvalue weighted by Gasteiger charge is 2.46. The van der Waals surface area contributed by atoms with Crippen LogP contribution in [0.1, 0.15) is 70.4 Å². The Morgan fingerprint density at radius 3 is 2.56 bits per heavy atom.